The Kier molecular flexibility index (Phi) is 4.08. The highest BCUT2D eigenvalue weighted by Crippen LogP contribution is 2.05. The van der Waals surface area contributed by atoms with Gasteiger partial charge in [0.25, 0.3) is 0 Å². The molecule has 1 aliphatic rings. The van der Waals surface area contributed by atoms with Crippen molar-refractivity contribution in [1.82, 2.24) is 9.80 Å². The number of carbonyl (C=O) groups excluding carboxylic acids is 1. The lowest BCUT2D eigenvalue weighted by atomic mass is 10.1. The average Bonchev–Trinajstić information content (AvgIpc) is 2.40. The van der Waals surface area contributed by atoms with E-state index in [-0.39, 0.29) is 5.78 Å². The Morgan fingerprint density at radius 2 is 1.30 bits per heavy atom. The molecule has 0 fully saturated rings. The van der Waals surface area contributed by atoms with Crippen LogP contribution in [0.2, 0.25) is 0 Å². The minimum Gasteiger partial charge on any atom is -0.364 e. The predicted octanol–water partition coefficient (Wildman–Crippen LogP) is 0.721. The summed E-state index contributed by atoms with van der Waals surface area (Å²) < 4.78 is 0. The molecule has 1 aliphatic carbocycles. The predicted molar refractivity (Wildman–Crippen MR) is 83.2 cm³/mol. The fourth-order valence-corrected chi connectivity index (χ4v) is 2.38. The van der Waals surface area contributed by atoms with E-state index in [2.05, 4.69) is 34.1 Å². The number of allylic oxidation sites excluding steroid dienone is 4. The van der Waals surface area contributed by atoms with Crippen LogP contribution in [0, 0.1) is 0 Å². The summed E-state index contributed by atoms with van der Waals surface area (Å²) in [5.41, 5.74) is 1.06. The Balaban J connectivity index is 2.53. The van der Waals surface area contributed by atoms with Crippen LogP contribution < -0.4 is 10.4 Å². The monoisotopic (exact) mass is 268 g/mol. The highest BCUT2D eigenvalue weighted by atomic mass is 16.1. The van der Waals surface area contributed by atoms with Crippen molar-refractivity contribution in [1.29, 1.82) is 0 Å². The van der Waals surface area contributed by atoms with Gasteiger partial charge in [-0.1, -0.05) is 36.4 Å². The van der Waals surface area contributed by atoms with Crippen molar-refractivity contribution in [3.63, 3.8) is 0 Å². The van der Waals surface area contributed by atoms with Crippen molar-refractivity contribution in [3.8, 4) is 0 Å². The van der Waals surface area contributed by atoms with Crippen LogP contribution in [-0.2, 0) is 4.79 Å². The van der Waals surface area contributed by atoms with Crippen LogP contribution in [0.3, 0.4) is 0 Å². The van der Waals surface area contributed by atoms with Crippen LogP contribution in [0.5, 0.6) is 0 Å². The van der Waals surface area contributed by atoms with Crippen molar-refractivity contribution in [2.24, 2.45) is 0 Å². The molecule has 104 valence electrons. The van der Waals surface area contributed by atoms with E-state index in [1.807, 2.05) is 40.3 Å². The highest BCUT2D eigenvalue weighted by Gasteiger charge is 2.03. The fraction of sp³-hybridized carbons (Fsp3) is 0.235. The first-order chi connectivity index (χ1) is 9.49. The largest absolute Gasteiger partial charge is 0.364 e. The zero-order valence-electron chi connectivity index (χ0n) is 12.4. The second-order valence-corrected chi connectivity index (χ2v) is 5.21. The SMILES string of the molecule is CN(C)C(=c1ccc(=C2C=CC(=O)C=C2)cc1)N(C)C. The lowest BCUT2D eigenvalue weighted by Crippen LogP contribution is -2.30. The summed E-state index contributed by atoms with van der Waals surface area (Å²) in [4.78, 5) is 15.3. The van der Waals surface area contributed by atoms with Gasteiger partial charge >= 0.3 is 0 Å². The van der Waals surface area contributed by atoms with Crippen molar-refractivity contribution >= 4 is 17.2 Å². The second kappa shape index (κ2) is 5.78. The third kappa shape index (κ3) is 2.99. The van der Waals surface area contributed by atoms with Gasteiger partial charge in [0.15, 0.2) is 5.78 Å². The number of benzene rings is 1. The van der Waals surface area contributed by atoms with Gasteiger partial charge in [0.1, 0.15) is 5.82 Å². The Labute approximate surface area is 119 Å². The minimum absolute atomic E-state index is 0.0428. The van der Waals surface area contributed by atoms with Gasteiger partial charge in [0, 0.05) is 33.4 Å². The summed E-state index contributed by atoms with van der Waals surface area (Å²) in [6.07, 6.45) is 6.92. The first-order valence-corrected chi connectivity index (χ1v) is 6.58. The molecule has 20 heavy (non-hydrogen) atoms. The summed E-state index contributed by atoms with van der Waals surface area (Å²) >= 11 is 0. The van der Waals surface area contributed by atoms with E-state index in [0.717, 1.165) is 16.6 Å². The summed E-state index contributed by atoms with van der Waals surface area (Å²) in [5, 5.41) is 2.29. The van der Waals surface area contributed by atoms with Crippen molar-refractivity contribution < 1.29 is 4.79 Å². The summed E-state index contributed by atoms with van der Waals surface area (Å²) in [6.45, 7) is 0. The molecule has 0 aromatic heterocycles. The van der Waals surface area contributed by atoms with E-state index in [1.54, 1.807) is 12.2 Å². The van der Waals surface area contributed by atoms with E-state index in [4.69, 9.17) is 0 Å². The van der Waals surface area contributed by atoms with E-state index < -0.39 is 0 Å². The lowest BCUT2D eigenvalue weighted by molar-refractivity contribution is -0.110. The van der Waals surface area contributed by atoms with Crippen LogP contribution in [0.25, 0.3) is 11.4 Å². The number of carbonyl (C=O) groups is 1. The normalized spacial score (nSPS) is 13.6. The molecule has 0 saturated heterocycles. The van der Waals surface area contributed by atoms with E-state index in [0.29, 0.717) is 0 Å². The molecule has 0 aliphatic heterocycles. The minimum atomic E-state index is 0.0428. The van der Waals surface area contributed by atoms with Crippen molar-refractivity contribution in [3.05, 3.63) is 59.0 Å². The van der Waals surface area contributed by atoms with Gasteiger partial charge in [-0.05, 0) is 22.9 Å². The Morgan fingerprint density at radius 3 is 1.75 bits per heavy atom. The molecule has 1 aromatic rings. The molecule has 0 bridgehead atoms. The van der Waals surface area contributed by atoms with Crippen LogP contribution >= 0.6 is 0 Å². The second-order valence-electron chi connectivity index (χ2n) is 5.21. The fourth-order valence-electron chi connectivity index (χ4n) is 2.38. The van der Waals surface area contributed by atoms with Crippen molar-refractivity contribution in [2.45, 2.75) is 0 Å². The van der Waals surface area contributed by atoms with Crippen LogP contribution in [-0.4, -0.2) is 43.8 Å². The smallest absolute Gasteiger partial charge is 0.178 e. The van der Waals surface area contributed by atoms with Gasteiger partial charge < -0.3 is 9.80 Å². The summed E-state index contributed by atoms with van der Waals surface area (Å²) in [6, 6.07) is 8.38. The molecular formula is C17H20N2O. The van der Waals surface area contributed by atoms with Crippen molar-refractivity contribution in [2.75, 3.05) is 28.2 Å². The lowest BCUT2D eigenvalue weighted by Gasteiger charge is -2.24. The molecule has 0 amide bonds. The molecule has 0 N–H and O–H groups in total. The third-order valence-corrected chi connectivity index (χ3v) is 3.18. The van der Waals surface area contributed by atoms with Crippen LogP contribution in [0.15, 0.2) is 48.6 Å². The maximum absolute atomic E-state index is 11.1. The molecule has 0 spiro atoms. The zero-order valence-corrected chi connectivity index (χ0v) is 12.4. The number of rotatable bonds is 2. The van der Waals surface area contributed by atoms with Gasteiger partial charge in [-0.25, -0.2) is 0 Å². The first-order valence-electron chi connectivity index (χ1n) is 6.58. The number of ketones is 1. The highest BCUT2D eigenvalue weighted by molar-refractivity contribution is 6.04. The maximum Gasteiger partial charge on any atom is 0.178 e. The van der Waals surface area contributed by atoms with Gasteiger partial charge in [-0.15, -0.1) is 0 Å². The van der Waals surface area contributed by atoms with Crippen LogP contribution in [0.4, 0.5) is 0 Å². The van der Waals surface area contributed by atoms with Gasteiger partial charge in [0.05, 0.1) is 0 Å². The van der Waals surface area contributed by atoms with E-state index >= 15 is 0 Å². The number of nitrogens with zero attached hydrogens (tertiary/aromatic N) is 2. The molecule has 0 atom stereocenters. The van der Waals surface area contributed by atoms with Gasteiger partial charge in [0.2, 0.25) is 0 Å². The summed E-state index contributed by atoms with van der Waals surface area (Å²) in [7, 11) is 8.15. The molecule has 1 aromatic carbocycles. The molecule has 3 nitrogen and oxygen atoms in total. The number of hydrogen-bond donors (Lipinski definition) is 0. The Hall–Kier alpha value is -2.29. The molecular weight excluding hydrogens is 248 g/mol. The maximum atomic E-state index is 11.1. The molecule has 0 saturated carbocycles. The molecule has 0 unspecified atom stereocenters. The molecule has 0 heterocycles. The first kappa shape index (κ1) is 14.1. The number of hydrogen-bond acceptors (Lipinski definition) is 3. The van der Waals surface area contributed by atoms with Crippen LogP contribution in [0.1, 0.15) is 0 Å². The van der Waals surface area contributed by atoms with E-state index in [1.165, 1.54) is 5.22 Å². The third-order valence-electron chi connectivity index (χ3n) is 3.18. The Bertz CT molecular complexity index is 643. The van der Waals surface area contributed by atoms with Gasteiger partial charge in [-0.3, -0.25) is 4.79 Å². The standard InChI is InChI=1S/C17H20N2O/c1-18(2)17(19(3)4)15-7-5-13(6-8-15)14-9-11-16(20)12-10-14/h5-12H,1-4H3. The Morgan fingerprint density at radius 1 is 0.800 bits per heavy atom. The topological polar surface area (TPSA) is 23.6 Å². The van der Waals surface area contributed by atoms with Gasteiger partial charge in [-0.2, -0.15) is 0 Å². The average molecular weight is 268 g/mol. The summed E-state index contributed by atoms with van der Waals surface area (Å²) in [5.74, 6) is 1.20. The van der Waals surface area contributed by atoms with E-state index in [9.17, 15) is 4.79 Å². The zero-order chi connectivity index (χ0) is 14.7. The molecule has 2 rings (SSSR count). The quantitative estimate of drug-likeness (QED) is 0.790. The molecule has 3 heteroatoms. The molecule has 0 radical (unpaired) electrons.